The number of nitrogens with zero attached hydrogens (tertiary/aromatic N) is 6. The van der Waals surface area contributed by atoms with Crippen molar-refractivity contribution in [1.29, 1.82) is 5.26 Å². The van der Waals surface area contributed by atoms with Gasteiger partial charge in [0, 0.05) is 36.8 Å². The first-order valence-electron chi connectivity index (χ1n) is 8.70. The molecule has 0 saturated carbocycles. The van der Waals surface area contributed by atoms with Crippen molar-refractivity contribution < 1.29 is 9.90 Å². The Bertz CT molecular complexity index is 1090. The van der Waals surface area contributed by atoms with Gasteiger partial charge < -0.3 is 15.3 Å². The lowest BCUT2D eigenvalue weighted by molar-refractivity contribution is 0.188. The molecule has 4 heterocycles. The Balaban J connectivity index is 1.73. The second kappa shape index (κ2) is 7.32. The third-order valence-electron chi connectivity index (χ3n) is 4.67. The molecule has 10 heteroatoms. The molecule has 1 aliphatic rings. The van der Waals surface area contributed by atoms with Crippen LogP contribution in [0.5, 0.6) is 0 Å². The normalized spacial score (nSPS) is 16.7. The summed E-state index contributed by atoms with van der Waals surface area (Å²) in [5, 5.41) is 26.6. The zero-order chi connectivity index (χ0) is 19.7. The summed E-state index contributed by atoms with van der Waals surface area (Å²) < 4.78 is 1.64. The minimum atomic E-state index is -1.05. The van der Waals surface area contributed by atoms with Crippen LogP contribution < -0.4 is 10.2 Å². The zero-order valence-corrected chi connectivity index (χ0v) is 15.5. The average molecular weight is 398 g/mol. The van der Waals surface area contributed by atoms with Gasteiger partial charge in [-0.1, -0.05) is 11.6 Å². The molecule has 1 atom stereocenters. The van der Waals surface area contributed by atoms with Gasteiger partial charge in [-0.15, -0.1) is 0 Å². The summed E-state index contributed by atoms with van der Waals surface area (Å²) in [7, 11) is 0. The number of halogens is 1. The maximum atomic E-state index is 11.0. The van der Waals surface area contributed by atoms with Crippen LogP contribution in [0.1, 0.15) is 18.4 Å². The molecule has 28 heavy (non-hydrogen) atoms. The lowest BCUT2D eigenvalue weighted by Gasteiger charge is -2.33. The highest BCUT2D eigenvalue weighted by atomic mass is 35.5. The summed E-state index contributed by atoms with van der Waals surface area (Å²) in [6.45, 7) is 1.14. The van der Waals surface area contributed by atoms with Gasteiger partial charge in [-0.2, -0.15) is 10.4 Å². The van der Waals surface area contributed by atoms with E-state index in [-0.39, 0.29) is 6.04 Å². The van der Waals surface area contributed by atoms with E-state index in [1.54, 1.807) is 35.3 Å². The van der Waals surface area contributed by atoms with Gasteiger partial charge in [-0.25, -0.2) is 19.4 Å². The van der Waals surface area contributed by atoms with Crippen molar-refractivity contribution in [3.8, 4) is 11.9 Å². The monoisotopic (exact) mass is 397 g/mol. The van der Waals surface area contributed by atoms with Crippen molar-refractivity contribution in [2.45, 2.75) is 18.9 Å². The molecule has 3 aromatic heterocycles. The maximum Gasteiger partial charge on any atom is 0.404 e. The molecule has 1 aliphatic heterocycles. The van der Waals surface area contributed by atoms with Crippen molar-refractivity contribution in [1.82, 2.24) is 25.1 Å². The first-order valence-corrected chi connectivity index (χ1v) is 9.08. The summed E-state index contributed by atoms with van der Waals surface area (Å²) in [6, 6.07) is 7.08. The van der Waals surface area contributed by atoms with Crippen LogP contribution >= 0.6 is 11.6 Å². The van der Waals surface area contributed by atoms with Crippen molar-refractivity contribution >= 4 is 34.4 Å². The van der Waals surface area contributed by atoms with Crippen molar-refractivity contribution in [3.05, 3.63) is 41.3 Å². The third kappa shape index (κ3) is 3.42. The van der Waals surface area contributed by atoms with E-state index in [2.05, 4.69) is 26.5 Å². The predicted molar refractivity (Wildman–Crippen MR) is 103 cm³/mol. The molecule has 9 nitrogen and oxygen atoms in total. The van der Waals surface area contributed by atoms with Crippen molar-refractivity contribution in [2.75, 3.05) is 18.0 Å². The van der Waals surface area contributed by atoms with Gasteiger partial charge in [0.05, 0.1) is 17.3 Å². The van der Waals surface area contributed by atoms with Gasteiger partial charge in [-0.05, 0) is 25.0 Å². The van der Waals surface area contributed by atoms with E-state index in [1.807, 2.05) is 4.90 Å². The van der Waals surface area contributed by atoms with Crippen LogP contribution in [0.25, 0.3) is 16.7 Å². The fourth-order valence-corrected chi connectivity index (χ4v) is 3.58. The van der Waals surface area contributed by atoms with Gasteiger partial charge in [0.25, 0.3) is 0 Å². The quantitative estimate of drug-likeness (QED) is 0.651. The van der Waals surface area contributed by atoms with Crippen LogP contribution in [0.4, 0.5) is 10.6 Å². The number of nitriles is 1. The number of amides is 1. The van der Waals surface area contributed by atoms with Crippen LogP contribution in [-0.2, 0) is 0 Å². The number of carboxylic acid groups (broad SMARTS) is 1. The number of aromatic nitrogens is 4. The first-order chi connectivity index (χ1) is 13.5. The van der Waals surface area contributed by atoms with E-state index in [4.69, 9.17) is 16.7 Å². The van der Waals surface area contributed by atoms with Gasteiger partial charge in [0.2, 0.25) is 0 Å². The largest absolute Gasteiger partial charge is 0.465 e. The Hall–Kier alpha value is -3.38. The molecule has 2 N–H and O–H groups in total. The summed E-state index contributed by atoms with van der Waals surface area (Å²) in [5.74, 6) is 1.06. The number of fused-ring (bicyclic) bond motifs is 1. The molecule has 3 aromatic rings. The van der Waals surface area contributed by atoms with E-state index in [9.17, 15) is 10.1 Å². The van der Waals surface area contributed by atoms with Gasteiger partial charge in [0.1, 0.15) is 17.0 Å². The Kier molecular flexibility index (Phi) is 4.71. The van der Waals surface area contributed by atoms with Gasteiger partial charge >= 0.3 is 6.09 Å². The molecule has 0 unspecified atom stereocenters. The van der Waals surface area contributed by atoms with E-state index in [0.717, 1.165) is 23.7 Å². The Morgan fingerprint density at radius 3 is 3.04 bits per heavy atom. The smallest absolute Gasteiger partial charge is 0.404 e. The van der Waals surface area contributed by atoms with Crippen molar-refractivity contribution in [2.24, 2.45) is 0 Å². The third-order valence-corrected chi connectivity index (χ3v) is 4.87. The fraction of sp³-hybridized carbons (Fsp3) is 0.278. The van der Waals surface area contributed by atoms with Crippen LogP contribution in [0.15, 0.2) is 30.6 Å². The van der Waals surface area contributed by atoms with Crippen LogP contribution in [-0.4, -0.2) is 50.1 Å². The molecule has 1 amide bonds. The average Bonchev–Trinajstić information content (AvgIpc) is 3.10. The highest BCUT2D eigenvalue weighted by Gasteiger charge is 2.24. The SMILES string of the molecule is N#Cc1ccc(-n2ncc3cnc(Cl)cc32)nc1N1CCC[C@H](NC(=O)O)C1. The molecule has 0 aromatic carbocycles. The number of hydrogen-bond acceptors (Lipinski definition) is 6. The summed E-state index contributed by atoms with van der Waals surface area (Å²) in [5.41, 5.74) is 1.18. The van der Waals surface area contributed by atoms with Crippen LogP contribution in [0.3, 0.4) is 0 Å². The Morgan fingerprint density at radius 2 is 2.25 bits per heavy atom. The molecular weight excluding hydrogens is 382 g/mol. The van der Waals surface area contributed by atoms with Crippen LogP contribution in [0.2, 0.25) is 5.15 Å². The number of nitrogens with one attached hydrogen (secondary N) is 1. The number of pyridine rings is 2. The van der Waals surface area contributed by atoms with Gasteiger partial charge in [0.15, 0.2) is 5.82 Å². The number of hydrogen-bond donors (Lipinski definition) is 2. The minimum absolute atomic E-state index is 0.210. The van der Waals surface area contributed by atoms with Crippen molar-refractivity contribution in [3.63, 3.8) is 0 Å². The molecule has 0 aliphatic carbocycles. The van der Waals surface area contributed by atoms with E-state index in [1.165, 1.54) is 0 Å². The summed E-state index contributed by atoms with van der Waals surface area (Å²) >= 11 is 6.01. The predicted octanol–water partition coefficient (Wildman–Crippen LogP) is 2.58. The highest BCUT2D eigenvalue weighted by molar-refractivity contribution is 6.30. The highest BCUT2D eigenvalue weighted by Crippen LogP contribution is 2.25. The molecule has 0 spiro atoms. The second-order valence-electron chi connectivity index (χ2n) is 6.51. The maximum absolute atomic E-state index is 11.0. The Morgan fingerprint density at radius 1 is 1.39 bits per heavy atom. The Labute approximate surface area is 165 Å². The standard InChI is InChI=1S/C18H16ClN7O2/c19-15-6-14-12(8-21-15)9-22-26(14)16-4-3-11(7-20)17(24-16)25-5-1-2-13(10-25)23-18(27)28/h3-4,6,8-9,13,23H,1-2,5,10H2,(H,27,28)/t13-/m0/s1. The summed E-state index contributed by atoms with van der Waals surface area (Å²) in [6.07, 6.45) is 3.81. The molecule has 142 valence electrons. The second-order valence-corrected chi connectivity index (χ2v) is 6.90. The van der Waals surface area contributed by atoms with E-state index in [0.29, 0.717) is 35.4 Å². The van der Waals surface area contributed by atoms with Crippen LogP contribution in [0, 0.1) is 11.3 Å². The molecule has 0 radical (unpaired) electrons. The van der Waals surface area contributed by atoms with Gasteiger partial charge in [-0.3, -0.25) is 0 Å². The topological polar surface area (TPSA) is 120 Å². The fourth-order valence-electron chi connectivity index (χ4n) is 3.42. The number of carbonyl (C=O) groups is 1. The number of rotatable bonds is 3. The molecule has 0 bridgehead atoms. The molecule has 4 rings (SSSR count). The van der Waals surface area contributed by atoms with E-state index >= 15 is 0 Å². The van der Waals surface area contributed by atoms with E-state index < -0.39 is 6.09 Å². The summed E-state index contributed by atoms with van der Waals surface area (Å²) in [4.78, 5) is 21.6. The number of piperidine rings is 1. The molecular formula is C18H16ClN7O2. The molecule has 1 saturated heterocycles. The minimum Gasteiger partial charge on any atom is -0.465 e. The molecule has 1 fully saturated rings. The lowest BCUT2D eigenvalue weighted by Crippen LogP contribution is -2.47. The lowest BCUT2D eigenvalue weighted by atomic mass is 10.1. The zero-order valence-electron chi connectivity index (χ0n) is 14.7. The number of anilines is 1. The first kappa shape index (κ1) is 18.0.